The second-order valence-electron chi connectivity index (χ2n) is 5.35. The molecule has 2 aliphatic rings. The molecule has 1 heteroatoms. The van der Waals surface area contributed by atoms with Gasteiger partial charge >= 0.3 is 0 Å². The van der Waals surface area contributed by atoms with E-state index in [2.05, 4.69) is 27.7 Å². The monoisotopic (exact) mass is 166 g/mol. The lowest BCUT2D eigenvalue weighted by Crippen LogP contribution is -2.33. The number of hydrogen-bond acceptors (Lipinski definition) is 1. The van der Waals surface area contributed by atoms with Crippen LogP contribution in [0.3, 0.4) is 0 Å². The van der Waals surface area contributed by atoms with Crippen LogP contribution in [-0.4, -0.2) is 5.78 Å². The van der Waals surface area contributed by atoms with Crippen molar-refractivity contribution in [2.24, 2.45) is 22.7 Å². The minimum Gasteiger partial charge on any atom is -0.299 e. The van der Waals surface area contributed by atoms with E-state index in [4.69, 9.17) is 0 Å². The topological polar surface area (TPSA) is 17.1 Å². The predicted octanol–water partition coefficient (Wildman–Crippen LogP) is 2.65. The molecular formula is C11H18O. The predicted molar refractivity (Wildman–Crippen MR) is 48.8 cm³/mol. The third-order valence-corrected chi connectivity index (χ3v) is 4.87. The summed E-state index contributed by atoms with van der Waals surface area (Å²) in [7, 11) is 0. The van der Waals surface area contributed by atoms with E-state index in [0.29, 0.717) is 17.6 Å². The summed E-state index contributed by atoms with van der Waals surface area (Å²) in [6, 6.07) is 0. The molecule has 3 atom stereocenters. The minimum absolute atomic E-state index is 0.00289. The lowest BCUT2D eigenvalue weighted by molar-refractivity contribution is -0.131. The fraction of sp³-hybridized carbons (Fsp3) is 0.909. The van der Waals surface area contributed by atoms with Crippen molar-refractivity contribution in [1.29, 1.82) is 0 Å². The number of Topliss-reactive ketones (excluding diaryl/α,β-unsaturated/α-hetero) is 1. The molecule has 0 aromatic carbocycles. The average Bonchev–Trinajstić information content (AvgIpc) is 2.26. The Morgan fingerprint density at radius 1 is 1.33 bits per heavy atom. The van der Waals surface area contributed by atoms with E-state index >= 15 is 0 Å². The lowest BCUT2D eigenvalue weighted by Gasteiger charge is -2.32. The van der Waals surface area contributed by atoms with Gasteiger partial charge < -0.3 is 0 Å². The van der Waals surface area contributed by atoms with Crippen LogP contribution in [0.2, 0.25) is 0 Å². The average molecular weight is 166 g/mol. The fourth-order valence-electron chi connectivity index (χ4n) is 3.54. The standard InChI is InChI=1S/C11H18O/c1-7-8-5-6-11(4,9(7)12)10(8,2)3/h7-8H,5-6H2,1-4H3. The van der Waals surface area contributed by atoms with E-state index in [1.165, 1.54) is 6.42 Å². The fourth-order valence-corrected chi connectivity index (χ4v) is 3.54. The first kappa shape index (κ1) is 8.28. The maximum Gasteiger partial charge on any atom is 0.142 e. The van der Waals surface area contributed by atoms with Gasteiger partial charge in [0.15, 0.2) is 0 Å². The third kappa shape index (κ3) is 0.605. The van der Waals surface area contributed by atoms with Crippen molar-refractivity contribution in [2.75, 3.05) is 0 Å². The van der Waals surface area contributed by atoms with E-state index < -0.39 is 0 Å². The van der Waals surface area contributed by atoms with Crippen LogP contribution < -0.4 is 0 Å². The Kier molecular flexibility index (Phi) is 1.34. The molecule has 68 valence electrons. The lowest BCUT2D eigenvalue weighted by atomic mass is 9.70. The molecule has 0 radical (unpaired) electrons. The van der Waals surface area contributed by atoms with E-state index in [-0.39, 0.29) is 10.8 Å². The summed E-state index contributed by atoms with van der Waals surface area (Å²) >= 11 is 0. The molecular weight excluding hydrogens is 148 g/mol. The largest absolute Gasteiger partial charge is 0.299 e. The van der Waals surface area contributed by atoms with Crippen molar-refractivity contribution < 1.29 is 4.79 Å². The first-order chi connectivity index (χ1) is 5.41. The molecule has 0 saturated heterocycles. The molecule has 1 nitrogen and oxygen atoms in total. The minimum atomic E-state index is -0.00289. The summed E-state index contributed by atoms with van der Waals surface area (Å²) in [6.07, 6.45) is 2.38. The number of hydrogen-bond donors (Lipinski definition) is 0. The van der Waals surface area contributed by atoms with Crippen LogP contribution in [0.15, 0.2) is 0 Å². The van der Waals surface area contributed by atoms with Crippen LogP contribution in [0.4, 0.5) is 0 Å². The Bertz CT molecular complexity index is 241. The highest BCUT2D eigenvalue weighted by atomic mass is 16.1. The molecule has 2 bridgehead atoms. The normalized spacial score (nSPS) is 50.2. The van der Waals surface area contributed by atoms with Crippen LogP contribution in [0.25, 0.3) is 0 Å². The Balaban J connectivity index is 2.50. The number of carbonyl (C=O) groups excluding carboxylic acids is 1. The Morgan fingerprint density at radius 2 is 1.92 bits per heavy atom. The molecule has 0 aliphatic heterocycles. The zero-order valence-electron chi connectivity index (χ0n) is 8.48. The van der Waals surface area contributed by atoms with Gasteiger partial charge in [0.2, 0.25) is 0 Å². The van der Waals surface area contributed by atoms with Crippen molar-refractivity contribution in [3.8, 4) is 0 Å². The van der Waals surface area contributed by atoms with Gasteiger partial charge in [0.1, 0.15) is 5.78 Å². The summed E-state index contributed by atoms with van der Waals surface area (Å²) in [6.45, 7) is 8.82. The Morgan fingerprint density at radius 3 is 2.17 bits per heavy atom. The van der Waals surface area contributed by atoms with Crippen molar-refractivity contribution in [1.82, 2.24) is 0 Å². The molecule has 2 fully saturated rings. The number of carbonyl (C=O) groups is 1. The van der Waals surface area contributed by atoms with Gasteiger partial charge in [-0.1, -0.05) is 27.7 Å². The molecule has 0 heterocycles. The van der Waals surface area contributed by atoms with E-state index in [9.17, 15) is 4.79 Å². The van der Waals surface area contributed by atoms with Gasteiger partial charge in [0.25, 0.3) is 0 Å². The van der Waals surface area contributed by atoms with Crippen molar-refractivity contribution in [2.45, 2.75) is 40.5 Å². The van der Waals surface area contributed by atoms with Gasteiger partial charge in [-0.2, -0.15) is 0 Å². The zero-order valence-corrected chi connectivity index (χ0v) is 8.48. The molecule has 2 saturated carbocycles. The van der Waals surface area contributed by atoms with Gasteiger partial charge in [0.05, 0.1) is 0 Å². The van der Waals surface area contributed by atoms with Crippen molar-refractivity contribution in [3.05, 3.63) is 0 Å². The second-order valence-corrected chi connectivity index (χ2v) is 5.35. The van der Waals surface area contributed by atoms with Gasteiger partial charge in [-0.05, 0) is 24.2 Å². The molecule has 0 aromatic rings. The number of fused-ring (bicyclic) bond motifs is 2. The molecule has 0 aromatic heterocycles. The van der Waals surface area contributed by atoms with Gasteiger partial charge in [-0.25, -0.2) is 0 Å². The van der Waals surface area contributed by atoms with Gasteiger partial charge in [0, 0.05) is 11.3 Å². The van der Waals surface area contributed by atoms with Gasteiger partial charge in [-0.15, -0.1) is 0 Å². The summed E-state index contributed by atoms with van der Waals surface area (Å²) in [5.41, 5.74) is 0.251. The molecule has 0 amide bonds. The first-order valence-corrected chi connectivity index (χ1v) is 4.95. The molecule has 3 unspecified atom stereocenters. The maximum atomic E-state index is 11.9. The third-order valence-electron chi connectivity index (χ3n) is 4.87. The summed E-state index contributed by atoms with van der Waals surface area (Å²) in [5, 5.41) is 0. The number of rotatable bonds is 0. The highest BCUT2D eigenvalue weighted by Gasteiger charge is 2.64. The quantitative estimate of drug-likeness (QED) is 0.540. The van der Waals surface area contributed by atoms with Crippen LogP contribution >= 0.6 is 0 Å². The van der Waals surface area contributed by atoms with Crippen LogP contribution in [0.1, 0.15) is 40.5 Å². The highest BCUT2D eigenvalue weighted by molar-refractivity contribution is 5.91. The van der Waals surface area contributed by atoms with Crippen LogP contribution in [0, 0.1) is 22.7 Å². The molecule has 2 aliphatic carbocycles. The van der Waals surface area contributed by atoms with Crippen LogP contribution in [0.5, 0.6) is 0 Å². The number of ketones is 1. The zero-order chi connectivity index (χ0) is 9.15. The molecule has 0 spiro atoms. The molecule has 12 heavy (non-hydrogen) atoms. The summed E-state index contributed by atoms with van der Waals surface area (Å²) in [5.74, 6) is 1.48. The second kappa shape index (κ2) is 1.94. The van der Waals surface area contributed by atoms with E-state index in [1.54, 1.807) is 0 Å². The van der Waals surface area contributed by atoms with Crippen molar-refractivity contribution in [3.63, 3.8) is 0 Å². The van der Waals surface area contributed by atoms with Crippen LogP contribution in [-0.2, 0) is 4.79 Å². The van der Waals surface area contributed by atoms with Gasteiger partial charge in [-0.3, -0.25) is 4.79 Å². The smallest absolute Gasteiger partial charge is 0.142 e. The molecule has 2 rings (SSSR count). The maximum absolute atomic E-state index is 11.9. The summed E-state index contributed by atoms with van der Waals surface area (Å²) < 4.78 is 0. The van der Waals surface area contributed by atoms with E-state index in [0.717, 1.165) is 6.42 Å². The SMILES string of the molecule is CC1C(=O)C2(C)CCC1C2(C)C. The summed E-state index contributed by atoms with van der Waals surface area (Å²) in [4.78, 5) is 11.9. The Labute approximate surface area is 74.5 Å². The first-order valence-electron chi connectivity index (χ1n) is 4.95. The van der Waals surface area contributed by atoms with E-state index in [1.807, 2.05) is 0 Å². The Hall–Kier alpha value is -0.330. The van der Waals surface area contributed by atoms with Crippen molar-refractivity contribution >= 4 is 5.78 Å². The highest BCUT2D eigenvalue weighted by Crippen LogP contribution is 2.65. The molecule has 0 N–H and O–H groups in total.